The maximum Gasteiger partial charge on any atom is 0.278 e. The van der Waals surface area contributed by atoms with Crippen LogP contribution in [0.4, 0.5) is 0 Å². The third-order valence-corrected chi connectivity index (χ3v) is 5.58. The molecule has 5 nitrogen and oxygen atoms in total. The van der Waals surface area contributed by atoms with Crippen LogP contribution in [0, 0.1) is 6.92 Å². The molecule has 0 radical (unpaired) electrons. The molecule has 2 heterocycles. The number of H-pyrrole nitrogens is 1. The van der Waals surface area contributed by atoms with E-state index in [1.807, 2.05) is 49.4 Å². The molecular weight excluding hydrogens is 398 g/mol. The molecular formula is C27H23N3O2. The van der Waals surface area contributed by atoms with Gasteiger partial charge in [0, 0.05) is 24.6 Å². The quantitative estimate of drug-likeness (QED) is 0.426. The van der Waals surface area contributed by atoms with E-state index in [0.717, 1.165) is 33.6 Å². The molecule has 3 aromatic carbocycles. The van der Waals surface area contributed by atoms with E-state index < -0.39 is 0 Å². The number of aromatic amines is 1. The molecule has 0 spiro atoms. The average Bonchev–Trinajstić information content (AvgIpc) is 3.10. The minimum Gasteiger partial charge on any atom is -0.508 e. The van der Waals surface area contributed by atoms with Crippen LogP contribution >= 0.6 is 0 Å². The molecule has 0 saturated heterocycles. The number of phenolic OH excluding ortho intramolecular Hbond substituents is 1. The topological polar surface area (TPSA) is 70.9 Å². The standard InChI is InChI=1S/C27H23N3O2/c1-18-7-5-10-20(13-18)15-24-27(32)30-17-25(21-11-6-12-22(31)16-21)28-23(26(30)29-24)14-19-8-3-2-4-9-19/h2-13,16-17,28,31H,14-15H2,1H3. The van der Waals surface area contributed by atoms with Crippen LogP contribution in [0.2, 0.25) is 0 Å². The fourth-order valence-electron chi connectivity index (χ4n) is 4.05. The van der Waals surface area contributed by atoms with Crippen LogP contribution in [0.25, 0.3) is 17.1 Å². The zero-order valence-electron chi connectivity index (χ0n) is 17.7. The van der Waals surface area contributed by atoms with E-state index in [-0.39, 0.29) is 11.3 Å². The first-order valence-electron chi connectivity index (χ1n) is 10.6. The third-order valence-electron chi connectivity index (χ3n) is 5.58. The Morgan fingerprint density at radius 3 is 2.47 bits per heavy atom. The lowest BCUT2D eigenvalue weighted by molar-refractivity contribution is 0.475. The predicted molar refractivity (Wildman–Crippen MR) is 126 cm³/mol. The Morgan fingerprint density at radius 2 is 1.69 bits per heavy atom. The van der Waals surface area contributed by atoms with Crippen LogP contribution in [-0.4, -0.2) is 19.6 Å². The molecule has 0 bridgehead atoms. The number of benzene rings is 3. The number of fused-ring (bicyclic) bond motifs is 1. The van der Waals surface area contributed by atoms with Gasteiger partial charge in [-0.25, -0.2) is 4.98 Å². The summed E-state index contributed by atoms with van der Waals surface area (Å²) < 4.78 is 1.62. The van der Waals surface area contributed by atoms with Crippen LogP contribution < -0.4 is 5.56 Å². The maximum atomic E-state index is 13.3. The van der Waals surface area contributed by atoms with Crippen LogP contribution in [0.5, 0.6) is 5.75 Å². The number of aromatic nitrogens is 3. The Morgan fingerprint density at radius 1 is 0.906 bits per heavy atom. The molecule has 2 aliphatic rings. The molecule has 3 aromatic rings. The Kier molecular flexibility index (Phi) is 5.07. The lowest BCUT2D eigenvalue weighted by Gasteiger charge is -2.13. The van der Waals surface area contributed by atoms with Crippen molar-refractivity contribution >= 4 is 0 Å². The van der Waals surface area contributed by atoms with E-state index in [1.165, 1.54) is 0 Å². The zero-order chi connectivity index (χ0) is 22.1. The van der Waals surface area contributed by atoms with E-state index >= 15 is 0 Å². The Labute approximate surface area is 186 Å². The summed E-state index contributed by atoms with van der Waals surface area (Å²) in [5.41, 5.74) is 6.14. The van der Waals surface area contributed by atoms with Gasteiger partial charge < -0.3 is 10.1 Å². The second kappa shape index (κ2) is 8.19. The van der Waals surface area contributed by atoms with Crippen molar-refractivity contribution in [1.29, 1.82) is 0 Å². The number of rotatable bonds is 5. The maximum absolute atomic E-state index is 13.3. The van der Waals surface area contributed by atoms with Crippen LogP contribution in [0.3, 0.4) is 0 Å². The highest BCUT2D eigenvalue weighted by molar-refractivity contribution is 5.62. The summed E-state index contributed by atoms with van der Waals surface area (Å²) in [7, 11) is 0. The first-order chi connectivity index (χ1) is 15.6. The molecule has 0 amide bonds. The van der Waals surface area contributed by atoms with Crippen molar-refractivity contribution in [3.63, 3.8) is 0 Å². The predicted octanol–water partition coefficient (Wildman–Crippen LogP) is 4.86. The lowest BCUT2D eigenvalue weighted by Crippen LogP contribution is -2.17. The summed E-state index contributed by atoms with van der Waals surface area (Å²) in [6.45, 7) is 2.04. The average molecular weight is 422 g/mol. The second-order valence-corrected chi connectivity index (χ2v) is 8.08. The number of hydrogen-bond donors (Lipinski definition) is 2. The normalized spacial score (nSPS) is 11.2. The molecule has 0 saturated carbocycles. The molecule has 2 N–H and O–H groups in total. The van der Waals surface area contributed by atoms with Gasteiger partial charge in [0.05, 0.1) is 11.4 Å². The highest BCUT2D eigenvalue weighted by Crippen LogP contribution is 2.26. The lowest BCUT2D eigenvalue weighted by atomic mass is 10.1. The first-order valence-corrected chi connectivity index (χ1v) is 10.6. The summed E-state index contributed by atoms with van der Waals surface area (Å²) in [6.07, 6.45) is 2.86. The van der Waals surface area contributed by atoms with E-state index in [4.69, 9.17) is 4.98 Å². The van der Waals surface area contributed by atoms with Crippen molar-refractivity contribution in [1.82, 2.24) is 14.5 Å². The van der Waals surface area contributed by atoms with Crippen molar-refractivity contribution in [2.45, 2.75) is 19.8 Å². The number of aryl methyl sites for hydroxylation is 1. The fraction of sp³-hybridized carbons (Fsp3) is 0.111. The Hall–Kier alpha value is -4.12. The highest BCUT2D eigenvalue weighted by atomic mass is 16.3. The van der Waals surface area contributed by atoms with Crippen molar-refractivity contribution in [3.05, 3.63) is 123 Å². The first kappa shape index (κ1) is 19.8. The molecule has 0 unspecified atom stereocenters. The van der Waals surface area contributed by atoms with Gasteiger partial charge in [0.1, 0.15) is 11.4 Å². The Balaban J connectivity index is 1.65. The molecule has 0 atom stereocenters. The highest BCUT2D eigenvalue weighted by Gasteiger charge is 2.20. The number of hydrogen-bond acceptors (Lipinski definition) is 3. The number of imidazole rings is 1. The number of nitrogens with zero attached hydrogens (tertiary/aromatic N) is 2. The molecule has 0 aliphatic carbocycles. The molecule has 5 heteroatoms. The Bertz CT molecular complexity index is 1420. The van der Waals surface area contributed by atoms with E-state index in [9.17, 15) is 9.90 Å². The minimum absolute atomic E-state index is 0.119. The summed E-state index contributed by atoms with van der Waals surface area (Å²) in [6, 6.07) is 25.2. The second-order valence-electron chi connectivity index (χ2n) is 8.08. The number of phenols is 1. The van der Waals surface area contributed by atoms with E-state index in [2.05, 4.69) is 23.2 Å². The molecule has 2 aliphatic heterocycles. The molecule has 0 fully saturated rings. The van der Waals surface area contributed by atoms with Gasteiger partial charge in [0.15, 0.2) is 5.82 Å². The zero-order valence-corrected chi connectivity index (χ0v) is 17.7. The van der Waals surface area contributed by atoms with Gasteiger partial charge in [0.2, 0.25) is 0 Å². The van der Waals surface area contributed by atoms with Crippen molar-refractivity contribution in [2.75, 3.05) is 0 Å². The van der Waals surface area contributed by atoms with E-state index in [0.29, 0.717) is 24.4 Å². The molecule has 158 valence electrons. The van der Waals surface area contributed by atoms with Crippen molar-refractivity contribution < 1.29 is 5.11 Å². The van der Waals surface area contributed by atoms with Gasteiger partial charge in [-0.2, -0.15) is 0 Å². The minimum atomic E-state index is -0.119. The van der Waals surface area contributed by atoms with Crippen LogP contribution in [-0.2, 0) is 12.8 Å². The monoisotopic (exact) mass is 421 g/mol. The molecule has 0 aromatic heterocycles. The van der Waals surface area contributed by atoms with Gasteiger partial charge in [-0.15, -0.1) is 0 Å². The van der Waals surface area contributed by atoms with Gasteiger partial charge in [0.25, 0.3) is 5.56 Å². The van der Waals surface area contributed by atoms with Crippen LogP contribution in [0.1, 0.15) is 28.1 Å². The number of aromatic hydroxyl groups is 1. The van der Waals surface area contributed by atoms with E-state index in [1.54, 1.807) is 29.0 Å². The fourth-order valence-corrected chi connectivity index (χ4v) is 4.05. The van der Waals surface area contributed by atoms with Gasteiger partial charge in [-0.1, -0.05) is 72.3 Å². The third kappa shape index (κ3) is 3.93. The molecule has 5 rings (SSSR count). The number of nitrogens with one attached hydrogen (secondary N) is 1. The van der Waals surface area contributed by atoms with Crippen molar-refractivity contribution in [2.24, 2.45) is 0 Å². The van der Waals surface area contributed by atoms with Crippen LogP contribution in [0.15, 0.2) is 89.9 Å². The van der Waals surface area contributed by atoms with Gasteiger partial charge >= 0.3 is 0 Å². The SMILES string of the molecule is Cc1cccc(Cc2nc3c(Cc4ccccc4)[nH]c(-c4cccc(O)c4)cn-3c2=O)c1. The smallest absolute Gasteiger partial charge is 0.278 e. The van der Waals surface area contributed by atoms with Gasteiger partial charge in [-0.3, -0.25) is 9.36 Å². The summed E-state index contributed by atoms with van der Waals surface area (Å²) in [5, 5.41) is 9.94. The summed E-state index contributed by atoms with van der Waals surface area (Å²) in [4.78, 5) is 21.5. The van der Waals surface area contributed by atoms with Crippen molar-refractivity contribution in [3.8, 4) is 22.8 Å². The largest absolute Gasteiger partial charge is 0.508 e. The van der Waals surface area contributed by atoms with Gasteiger partial charge in [-0.05, 0) is 30.2 Å². The summed E-state index contributed by atoms with van der Waals surface area (Å²) >= 11 is 0. The summed E-state index contributed by atoms with van der Waals surface area (Å²) in [5.74, 6) is 0.805. The molecule has 32 heavy (non-hydrogen) atoms.